The normalized spacial score (nSPS) is 10.4. The summed E-state index contributed by atoms with van der Waals surface area (Å²) in [5, 5.41) is 5.64. The van der Waals surface area contributed by atoms with Crippen molar-refractivity contribution in [3.8, 4) is 0 Å². The van der Waals surface area contributed by atoms with E-state index in [4.69, 9.17) is 11.5 Å². The minimum Gasteiger partial charge on any atom is -0.368 e. The third-order valence-electron chi connectivity index (χ3n) is 3.16. The first-order chi connectivity index (χ1) is 12.0. The summed E-state index contributed by atoms with van der Waals surface area (Å²) in [6.45, 7) is -0.120. The maximum Gasteiger partial charge on any atom is 0.271 e. The van der Waals surface area contributed by atoms with Crippen LogP contribution in [0.2, 0.25) is 0 Å². The molecule has 0 aliphatic heterocycles. The highest BCUT2D eigenvalue weighted by molar-refractivity contribution is 5.96. The molecule has 0 aromatic carbocycles. The fourth-order valence-electron chi connectivity index (χ4n) is 2.08. The van der Waals surface area contributed by atoms with E-state index in [9.17, 15) is 9.59 Å². The molecule has 3 rings (SSSR count). The van der Waals surface area contributed by atoms with Gasteiger partial charge in [0.15, 0.2) is 11.5 Å². The van der Waals surface area contributed by atoms with E-state index < -0.39 is 11.8 Å². The summed E-state index contributed by atoms with van der Waals surface area (Å²) in [6, 6.07) is 5.36. The molecule has 0 unspecified atom stereocenters. The molecule has 2 amide bonds. The number of rotatable bonds is 6. The first-order valence-corrected chi connectivity index (χ1v) is 7.20. The second-order valence-electron chi connectivity index (χ2n) is 5.03. The van der Waals surface area contributed by atoms with E-state index in [0.717, 1.165) is 5.52 Å². The van der Waals surface area contributed by atoms with Gasteiger partial charge in [-0.2, -0.15) is 0 Å². The van der Waals surface area contributed by atoms with Crippen LogP contribution < -0.4 is 22.1 Å². The Morgan fingerprint density at radius 1 is 1.08 bits per heavy atom. The topological polar surface area (TPSA) is 162 Å². The van der Waals surface area contributed by atoms with Crippen LogP contribution in [0.3, 0.4) is 0 Å². The molecule has 126 valence electrons. The number of anilines is 3. The molecule has 25 heavy (non-hydrogen) atoms. The van der Waals surface area contributed by atoms with Crippen molar-refractivity contribution in [2.24, 2.45) is 11.5 Å². The average Bonchev–Trinajstić information content (AvgIpc) is 2.59. The maximum atomic E-state index is 11.6. The Kier molecular flexibility index (Phi) is 4.33. The Labute approximate surface area is 141 Å². The Hall–Kier alpha value is -3.82. The Balaban J connectivity index is 1.93. The Morgan fingerprint density at radius 2 is 1.92 bits per heavy atom. The van der Waals surface area contributed by atoms with Crippen molar-refractivity contribution >= 4 is 40.2 Å². The number of nitrogens with zero attached hydrogens (tertiary/aromatic N) is 4. The number of hydrogen-bond donors (Lipinski definition) is 4. The van der Waals surface area contributed by atoms with Gasteiger partial charge in [-0.25, -0.2) is 9.97 Å². The van der Waals surface area contributed by atoms with E-state index in [-0.39, 0.29) is 23.9 Å². The van der Waals surface area contributed by atoms with Crippen molar-refractivity contribution in [1.82, 2.24) is 19.9 Å². The molecule has 0 aliphatic rings. The zero-order valence-corrected chi connectivity index (χ0v) is 12.9. The zero-order chi connectivity index (χ0) is 17.8. The maximum absolute atomic E-state index is 11.6. The van der Waals surface area contributed by atoms with Gasteiger partial charge in [-0.05, 0) is 18.2 Å². The molecular formula is C15H14N8O2. The monoisotopic (exact) mass is 338 g/mol. The van der Waals surface area contributed by atoms with Crippen molar-refractivity contribution in [3.05, 3.63) is 42.5 Å². The SMILES string of the molecule is NC(=O)CNc1cnc(C(N)=O)c(Nc2cnc3cccnc3c2)n1. The van der Waals surface area contributed by atoms with E-state index in [1.165, 1.54) is 6.20 Å². The molecule has 0 saturated carbocycles. The van der Waals surface area contributed by atoms with E-state index >= 15 is 0 Å². The predicted octanol–water partition coefficient (Wildman–Crippen LogP) is 0.159. The number of fused-ring (bicyclic) bond motifs is 1. The number of pyridine rings is 2. The molecule has 0 aliphatic carbocycles. The van der Waals surface area contributed by atoms with Crippen molar-refractivity contribution < 1.29 is 9.59 Å². The molecule has 0 bridgehead atoms. The van der Waals surface area contributed by atoms with Crippen LogP contribution in [0.1, 0.15) is 10.5 Å². The number of carbonyl (C=O) groups is 2. The van der Waals surface area contributed by atoms with Gasteiger partial charge < -0.3 is 22.1 Å². The third kappa shape index (κ3) is 3.75. The minimum atomic E-state index is -0.747. The van der Waals surface area contributed by atoms with Crippen LogP contribution in [0.25, 0.3) is 11.0 Å². The van der Waals surface area contributed by atoms with Crippen molar-refractivity contribution in [1.29, 1.82) is 0 Å². The van der Waals surface area contributed by atoms with Crippen LogP contribution in [0.15, 0.2) is 36.8 Å². The Bertz CT molecular complexity index is 959. The highest BCUT2D eigenvalue weighted by Gasteiger charge is 2.14. The lowest BCUT2D eigenvalue weighted by molar-refractivity contribution is -0.116. The molecule has 3 aromatic rings. The number of amides is 2. The highest BCUT2D eigenvalue weighted by atomic mass is 16.1. The van der Waals surface area contributed by atoms with E-state index in [1.807, 2.05) is 6.07 Å². The van der Waals surface area contributed by atoms with Crippen LogP contribution in [0.5, 0.6) is 0 Å². The second kappa shape index (κ2) is 6.74. The summed E-state index contributed by atoms with van der Waals surface area (Å²) in [5.41, 5.74) is 12.3. The third-order valence-corrected chi connectivity index (χ3v) is 3.16. The molecule has 10 nitrogen and oxygen atoms in total. The quantitative estimate of drug-likeness (QED) is 0.494. The van der Waals surface area contributed by atoms with Crippen LogP contribution in [0.4, 0.5) is 17.3 Å². The van der Waals surface area contributed by atoms with E-state index in [1.54, 1.807) is 24.5 Å². The largest absolute Gasteiger partial charge is 0.368 e. The van der Waals surface area contributed by atoms with E-state index in [0.29, 0.717) is 11.2 Å². The van der Waals surface area contributed by atoms with Gasteiger partial charge >= 0.3 is 0 Å². The molecule has 3 aromatic heterocycles. The predicted molar refractivity (Wildman–Crippen MR) is 91.1 cm³/mol. The van der Waals surface area contributed by atoms with Gasteiger partial charge in [-0.1, -0.05) is 0 Å². The van der Waals surface area contributed by atoms with Crippen LogP contribution in [-0.4, -0.2) is 38.3 Å². The van der Waals surface area contributed by atoms with Crippen molar-refractivity contribution in [2.45, 2.75) is 0 Å². The van der Waals surface area contributed by atoms with Crippen LogP contribution in [0, 0.1) is 0 Å². The fourth-order valence-corrected chi connectivity index (χ4v) is 2.08. The number of primary amides is 2. The summed E-state index contributed by atoms with van der Waals surface area (Å²) >= 11 is 0. The minimum absolute atomic E-state index is 0.0502. The first kappa shape index (κ1) is 16.1. The summed E-state index contributed by atoms with van der Waals surface area (Å²) in [4.78, 5) is 39.1. The van der Waals surface area contributed by atoms with Gasteiger partial charge in [0, 0.05) is 6.20 Å². The average molecular weight is 338 g/mol. The molecular weight excluding hydrogens is 324 g/mol. The van der Waals surface area contributed by atoms with Crippen LogP contribution in [-0.2, 0) is 4.79 Å². The number of nitrogens with two attached hydrogens (primary N) is 2. The lowest BCUT2D eigenvalue weighted by Crippen LogP contribution is -2.23. The lowest BCUT2D eigenvalue weighted by Gasteiger charge is -2.11. The second-order valence-corrected chi connectivity index (χ2v) is 5.03. The van der Waals surface area contributed by atoms with Gasteiger partial charge in [0.1, 0.15) is 5.82 Å². The smallest absolute Gasteiger partial charge is 0.271 e. The van der Waals surface area contributed by atoms with E-state index in [2.05, 4.69) is 30.6 Å². The molecule has 3 heterocycles. The standard InChI is InChI=1S/C15H14N8O2/c16-11(24)6-20-12-7-21-13(14(17)25)15(23-12)22-8-4-10-9(19-5-8)2-1-3-18-10/h1-5,7H,6H2,(H2,16,24)(H2,17,25)(H2,20,22,23). The summed E-state index contributed by atoms with van der Waals surface area (Å²) < 4.78 is 0. The van der Waals surface area contributed by atoms with Gasteiger partial charge in [0.25, 0.3) is 5.91 Å². The van der Waals surface area contributed by atoms with Gasteiger partial charge in [0.2, 0.25) is 5.91 Å². The molecule has 0 atom stereocenters. The number of hydrogen-bond acceptors (Lipinski definition) is 8. The number of aromatic nitrogens is 4. The summed E-state index contributed by atoms with van der Waals surface area (Å²) in [6.07, 6.45) is 4.51. The highest BCUT2D eigenvalue weighted by Crippen LogP contribution is 2.21. The van der Waals surface area contributed by atoms with Crippen molar-refractivity contribution in [3.63, 3.8) is 0 Å². The molecule has 0 fully saturated rings. The van der Waals surface area contributed by atoms with Crippen LogP contribution >= 0.6 is 0 Å². The molecule has 0 saturated heterocycles. The van der Waals surface area contributed by atoms with Gasteiger partial charge in [-0.3, -0.25) is 19.6 Å². The fraction of sp³-hybridized carbons (Fsp3) is 0.0667. The molecule has 0 spiro atoms. The molecule has 6 N–H and O–H groups in total. The molecule has 10 heteroatoms. The number of nitrogens with one attached hydrogen (secondary N) is 2. The van der Waals surface area contributed by atoms with Gasteiger partial charge in [-0.15, -0.1) is 0 Å². The number of carbonyl (C=O) groups excluding carboxylic acids is 2. The summed E-state index contributed by atoms with van der Waals surface area (Å²) in [5.74, 6) is -0.916. The molecule has 0 radical (unpaired) electrons. The first-order valence-electron chi connectivity index (χ1n) is 7.20. The lowest BCUT2D eigenvalue weighted by atomic mass is 10.3. The zero-order valence-electron chi connectivity index (χ0n) is 12.9. The summed E-state index contributed by atoms with van der Waals surface area (Å²) in [7, 11) is 0. The Morgan fingerprint density at radius 3 is 2.68 bits per heavy atom. The van der Waals surface area contributed by atoms with Crippen molar-refractivity contribution in [2.75, 3.05) is 17.2 Å². The van der Waals surface area contributed by atoms with Gasteiger partial charge in [0.05, 0.1) is 35.7 Å².